The Morgan fingerprint density at radius 3 is 2.53 bits per heavy atom. The highest BCUT2D eigenvalue weighted by atomic mass is 16.6. The molecule has 150 valence electrons. The van der Waals surface area contributed by atoms with Gasteiger partial charge in [0.1, 0.15) is 5.65 Å². The quantitative estimate of drug-likeness (QED) is 0.263. The van der Waals surface area contributed by atoms with Crippen LogP contribution >= 0.6 is 0 Å². The summed E-state index contributed by atoms with van der Waals surface area (Å²) in [7, 11) is 0. The smallest absolute Gasteiger partial charge is 0.269 e. The molecule has 0 N–H and O–H groups in total. The topological polar surface area (TPSA) is 90.9 Å². The first-order chi connectivity index (χ1) is 14.6. The lowest BCUT2D eigenvalue weighted by Crippen LogP contribution is -2.23. The fourth-order valence-electron chi connectivity index (χ4n) is 3.56. The number of hydrogen-bond donors (Lipinski definition) is 0. The van der Waals surface area contributed by atoms with E-state index >= 15 is 0 Å². The summed E-state index contributed by atoms with van der Waals surface area (Å²) >= 11 is 0. The first-order valence-electron chi connectivity index (χ1n) is 9.77. The highest BCUT2D eigenvalue weighted by Gasteiger charge is 2.14. The molecule has 0 fully saturated rings. The second-order valence-electron chi connectivity index (χ2n) is 7.07. The summed E-state index contributed by atoms with van der Waals surface area (Å²) in [6.45, 7) is 0. The van der Waals surface area contributed by atoms with E-state index in [9.17, 15) is 14.9 Å². The highest BCUT2D eigenvalue weighted by molar-refractivity contribution is 5.77. The van der Waals surface area contributed by atoms with Gasteiger partial charge in [-0.1, -0.05) is 6.07 Å². The average Bonchev–Trinajstić information content (AvgIpc) is 2.77. The SMILES string of the molecule is O=c1c(CCCCc2ccncc2)cc2cccnc2n1-c1cccc([N+](=O)[O-])c1. The van der Waals surface area contributed by atoms with Gasteiger partial charge in [-0.05, 0) is 67.6 Å². The van der Waals surface area contributed by atoms with Crippen LogP contribution < -0.4 is 5.56 Å². The van der Waals surface area contributed by atoms with E-state index in [1.807, 2.05) is 30.3 Å². The minimum Gasteiger partial charge on any atom is -0.269 e. The summed E-state index contributed by atoms with van der Waals surface area (Å²) in [6.07, 6.45) is 8.54. The molecule has 0 saturated heterocycles. The van der Waals surface area contributed by atoms with Crippen LogP contribution in [0.25, 0.3) is 16.7 Å². The van der Waals surface area contributed by atoms with Crippen molar-refractivity contribution in [3.05, 3.63) is 105 Å². The number of benzene rings is 1. The standard InChI is InChI=1S/C23H20N4O3/c28-23-19(6-2-1-5-17-10-13-24-14-11-17)15-18-7-4-12-25-22(18)26(23)20-8-3-9-21(16-20)27(29)30/h3-4,7-16H,1-2,5-6H2. The van der Waals surface area contributed by atoms with Crippen LogP contribution in [-0.2, 0) is 12.8 Å². The molecular formula is C23H20N4O3. The summed E-state index contributed by atoms with van der Waals surface area (Å²) < 4.78 is 1.47. The minimum atomic E-state index is -0.465. The molecule has 1 aromatic carbocycles. The lowest BCUT2D eigenvalue weighted by Gasteiger charge is -2.12. The van der Waals surface area contributed by atoms with Crippen LogP contribution in [0.1, 0.15) is 24.0 Å². The van der Waals surface area contributed by atoms with Gasteiger partial charge < -0.3 is 0 Å². The Balaban J connectivity index is 1.66. The lowest BCUT2D eigenvalue weighted by atomic mass is 10.0. The zero-order chi connectivity index (χ0) is 20.9. The summed E-state index contributed by atoms with van der Waals surface area (Å²) in [4.78, 5) is 32.4. The van der Waals surface area contributed by atoms with Crippen molar-refractivity contribution >= 4 is 16.7 Å². The maximum atomic E-state index is 13.3. The van der Waals surface area contributed by atoms with Gasteiger partial charge in [-0.15, -0.1) is 0 Å². The third-order valence-corrected chi connectivity index (χ3v) is 5.05. The zero-order valence-electron chi connectivity index (χ0n) is 16.3. The second-order valence-corrected chi connectivity index (χ2v) is 7.07. The number of nitrogens with zero attached hydrogens (tertiary/aromatic N) is 4. The van der Waals surface area contributed by atoms with E-state index in [1.54, 1.807) is 30.7 Å². The van der Waals surface area contributed by atoms with E-state index in [-0.39, 0.29) is 11.2 Å². The summed E-state index contributed by atoms with van der Waals surface area (Å²) in [6, 6.07) is 15.7. The van der Waals surface area contributed by atoms with E-state index in [1.165, 1.54) is 22.3 Å². The third kappa shape index (κ3) is 4.10. The van der Waals surface area contributed by atoms with Crippen LogP contribution in [0.5, 0.6) is 0 Å². The number of non-ortho nitro benzene ring substituents is 1. The molecule has 3 heterocycles. The summed E-state index contributed by atoms with van der Waals surface area (Å²) in [5, 5.41) is 12.0. The van der Waals surface area contributed by atoms with Crippen molar-refractivity contribution in [3.63, 3.8) is 0 Å². The lowest BCUT2D eigenvalue weighted by molar-refractivity contribution is -0.384. The molecule has 7 nitrogen and oxygen atoms in total. The molecule has 0 aliphatic rings. The van der Waals surface area contributed by atoms with Crippen molar-refractivity contribution in [2.75, 3.05) is 0 Å². The number of fused-ring (bicyclic) bond motifs is 1. The number of unbranched alkanes of at least 4 members (excludes halogenated alkanes) is 1. The third-order valence-electron chi connectivity index (χ3n) is 5.05. The average molecular weight is 400 g/mol. The molecule has 0 spiro atoms. The Labute approximate surface area is 172 Å². The number of aromatic nitrogens is 3. The minimum absolute atomic E-state index is 0.0637. The van der Waals surface area contributed by atoms with E-state index in [4.69, 9.17) is 0 Å². The Bertz CT molecular complexity index is 1250. The van der Waals surface area contributed by atoms with Gasteiger partial charge in [-0.2, -0.15) is 0 Å². The van der Waals surface area contributed by atoms with Crippen LogP contribution in [0, 0.1) is 10.1 Å². The molecule has 0 atom stereocenters. The molecule has 0 amide bonds. The summed E-state index contributed by atoms with van der Waals surface area (Å²) in [5.41, 5.74) is 2.58. The fraction of sp³-hybridized carbons (Fsp3) is 0.174. The van der Waals surface area contributed by atoms with E-state index < -0.39 is 4.92 Å². The van der Waals surface area contributed by atoms with Gasteiger partial charge in [0.15, 0.2) is 0 Å². The van der Waals surface area contributed by atoms with Gasteiger partial charge in [-0.25, -0.2) is 4.98 Å². The number of aryl methyl sites for hydroxylation is 2. The van der Waals surface area contributed by atoms with Crippen molar-refractivity contribution in [1.29, 1.82) is 0 Å². The van der Waals surface area contributed by atoms with Crippen LogP contribution in [0.4, 0.5) is 5.69 Å². The molecule has 0 saturated carbocycles. The van der Waals surface area contributed by atoms with Gasteiger partial charge in [0, 0.05) is 41.7 Å². The molecule has 0 bridgehead atoms. The number of pyridine rings is 3. The van der Waals surface area contributed by atoms with E-state index in [0.29, 0.717) is 23.3 Å². The van der Waals surface area contributed by atoms with Crippen LogP contribution in [0.2, 0.25) is 0 Å². The van der Waals surface area contributed by atoms with E-state index in [2.05, 4.69) is 9.97 Å². The number of rotatable bonds is 7. The molecule has 0 unspecified atom stereocenters. The predicted octanol–water partition coefficient (Wildman–Crippen LogP) is 4.25. The van der Waals surface area contributed by atoms with Gasteiger partial charge in [0.25, 0.3) is 11.2 Å². The first-order valence-corrected chi connectivity index (χ1v) is 9.77. The first kappa shape index (κ1) is 19.4. The zero-order valence-corrected chi connectivity index (χ0v) is 16.3. The Morgan fingerprint density at radius 2 is 1.73 bits per heavy atom. The van der Waals surface area contributed by atoms with Gasteiger partial charge >= 0.3 is 0 Å². The largest absolute Gasteiger partial charge is 0.271 e. The van der Waals surface area contributed by atoms with Crippen molar-refractivity contribution in [2.24, 2.45) is 0 Å². The van der Waals surface area contributed by atoms with Gasteiger partial charge in [0.05, 0.1) is 10.6 Å². The van der Waals surface area contributed by atoms with Gasteiger partial charge in [0.2, 0.25) is 0 Å². The number of hydrogen-bond acceptors (Lipinski definition) is 5. The van der Waals surface area contributed by atoms with Crippen LogP contribution in [0.15, 0.2) is 78.0 Å². The molecule has 30 heavy (non-hydrogen) atoms. The van der Waals surface area contributed by atoms with Crippen molar-refractivity contribution in [3.8, 4) is 5.69 Å². The van der Waals surface area contributed by atoms with E-state index in [0.717, 1.165) is 24.6 Å². The Kier molecular flexibility index (Phi) is 5.61. The van der Waals surface area contributed by atoms with Crippen LogP contribution in [-0.4, -0.2) is 19.5 Å². The Hall–Kier alpha value is -3.87. The number of nitro groups is 1. The van der Waals surface area contributed by atoms with Crippen molar-refractivity contribution in [2.45, 2.75) is 25.7 Å². The predicted molar refractivity (Wildman–Crippen MR) is 115 cm³/mol. The fourth-order valence-corrected chi connectivity index (χ4v) is 3.56. The normalized spacial score (nSPS) is 10.9. The van der Waals surface area contributed by atoms with Crippen molar-refractivity contribution < 1.29 is 4.92 Å². The highest BCUT2D eigenvalue weighted by Crippen LogP contribution is 2.20. The summed E-state index contributed by atoms with van der Waals surface area (Å²) in [5.74, 6) is 0. The molecule has 0 aliphatic carbocycles. The maximum absolute atomic E-state index is 13.3. The molecule has 7 heteroatoms. The molecule has 0 radical (unpaired) electrons. The molecular weight excluding hydrogens is 380 g/mol. The molecule has 0 aliphatic heterocycles. The maximum Gasteiger partial charge on any atom is 0.271 e. The Morgan fingerprint density at radius 1 is 0.933 bits per heavy atom. The van der Waals surface area contributed by atoms with Crippen LogP contribution in [0.3, 0.4) is 0 Å². The second kappa shape index (κ2) is 8.65. The molecule has 4 rings (SSSR count). The molecule has 4 aromatic rings. The number of nitro benzene ring substituents is 1. The van der Waals surface area contributed by atoms with Gasteiger partial charge in [-0.3, -0.25) is 24.5 Å². The van der Waals surface area contributed by atoms with Crippen molar-refractivity contribution in [1.82, 2.24) is 14.5 Å². The monoisotopic (exact) mass is 400 g/mol. The molecule has 3 aromatic heterocycles.